The van der Waals surface area contributed by atoms with Crippen molar-refractivity contribution < 1.29 is 19.1 Å². The van der Waals surface area contributed by atoms with Gasteiger partial charge in [0, 0.05) is 75.5 Å². The maximum absolute atomic E-state index is 15.2. The van der Waals surface area contributed by atoms with Crippen molar-refractivity contribution in [1.82, 2.24) is 34.5 Å². The minimum Gasteiger partial charge on any atom is -0.384 e. The Hall–Kier alpha value is -6.13. The molecule has 59 heavy (non-hydrogen) atoms. The Bertz CT molecular complexity index is 2410. The molecule has 3 saturated heterocycles. The summed E-state index contributed by atoms with van der Waals surface area (Å²) in [5.41, 5.74) is 2.45. The summed E-state index contributed by atoms with van der Waals surface area (Å²) >= 11 is 0. The maximum atomic E-state index is 15.2. The number of nitrogens with zero attached hydrogens (tertiary/aromatic N) is 8. The van der Waals surface area contributed by atoms with E-state index < -0.39 is 11.6 Å². The van der Waals surface area contributed by atoms with E-state index in [1.165, 1.54) is 16.9 Å². The van der Waals surface area contributed by atoms with E-state index in [2.05, 4.69) is 59.3 Å². The lowest BCUT2D eigenvalue weighted by Gasteiger charge is -2.40. The Balaban J connectivity index is 0.838. The van der Waals surface area contributed by atoms with Gasteiger partial charge in [0.05, 0.1) is 17.9 Å². The number of allylic oxidation sites excluding steroid dienone is 1. The van der Waals surface area contributed by atoms with E-state index >= 15 is 4.39 Å². The number of hydrogen-bond acceptors (Lipinski definition) is 12. The summed E-state index contributed by atoms with van der Waals surface area (Å²) in [4.78, 5) is 57.8. The number of fused-ring (bicyclic) bond motifs is 1. The van der Waals surface area contributed by atoms with Crippen LogP contribution < -0.4 is 31.3 Å². The van der Waals surface area contributed by atoms with Gasteiger partial charge in [0.1, 0.15) is 22.8 Å². The largest absolute Gasteiger partial charge is 0.384 e. The van der Waals surface area contributed by atoms with E-state index in [9.17, 15) is 19.5 Å². The molecule has 0 spiro atoms. The molecule has 308 valence electrons. The molecular formula is C43H50FN11O4. The average molecular weight is 804 g/mol. The normalized spacial score (nSPS) is 18.3. The zero-order valence-electron chi connectivity index (χ0n) is 33.4. The second-order valence-electron chi connectivity index (χ2n) is 16.1. The number of pyridine rings is 1. The molecule has 0 unspecified atom stereocenters. The van der Waals surface area contributed by atoms with Gasteiger partial charge in [0.2, 0.25) is 17.8 Å². The molecule has 4 N–H and O–H groups in total. The third kappa shape index (κ3) is 8.69. The van der Waals surface area contributed by atoms with Crippen molar-refractivity contribution in [1.29, 1.82) is 0 Å². The lowest BCUT2D eigenvalue weighted by atomic mass is 9.95. The van der Waals surface area contributed by atoms with E-state index in [4.69, 9.17) is 4.98 Å². The molecular weight excluding hydrogens is 754 g/mol. The molecule has 0 radical (unpaired) electrons. The quantitative estimate of drug-likeness (QED) is 0.103. The van der Waals surface area contributed by atoms with Crippen molar-refractivity contribution in [2.24, 2.45) is 5.92 Å². The van der Waals surface area contributed by atoms with Crippen LogP contribution in [0.15, 0.2) is 84.3 Å². The number of anilines is 5. The summed E-state index contributed by atoms with van der Waals surface area (Å²) in [5.74, 6) is 0.378. The molecule has 0 saturated carbocycles. The number of aliphatic hydroxyl groups is 1. The number of piperazine rings is 1. The number of amides is 2. The van der Waals surface area contributed by atoms with Gasteiger partial charge in [-0.2, -0.15) is 4.98 Å². The minimum absolute atomic E-state index is 0.234. The number of nitrogens with one attached hydrogen (secondary N) is 3. The summed E-state index contributed by atoms with van der Waals surface area (Å²) in [6.07, 6.45) is 5.98. The second-order valence-corrected chi connectivity index (χ2v) is 16.1. The van der Waals surface area contributed by atoms with Crippen LogP contribution in [0.2, 0.25) is 0 Å². The number of halogens is 1. The van der Waals surface area contributed by atoms with E-state index in [0.29, 0.717) is 52.2 Å². The van der Waals surface area contributed by atoms with Crippen molar-refractivity contribution in [2.45, 2.75) is 57.7 Å². The van der Waals surface area contributed by atoms with Gasteiger partial charge in [-0.05, 0) is 93.6 Å². The number of aromatic nitrogens is 5. The highest BCUT2D eigenvalue weighted by Crippen LogP contribution is 2.29. The van der Waals surface area contributed by atoms with Crippen LogP contribution >= 0.6 is 0 Å². The number of imide groups is 1. The number of rotatable bonds is 12. The Kier molecular flexibility index (Phi) is 11.2. The van der Waals surface area contributed by atoms with Gasteiger partial charge in [0.25, 0.3) is 5.56 Å². The van der Waals surface area contributed by atoms with Gasteiger partial charge in [-0.25, -0.2) is 23.7 Å². The summed E-state index contributed by atoms with van der Waals surface area (Å²) in [5, 5.41) is 19.6. The minimum atomic E-state index is -1.17. The highest BCUT2D eigenvalue weighted by molar-refractivity contribution is 6.01. The number of carbonyl (C=O) groups excluding carboxylic acids is 2. The van der Waals surface area contributed by atoms with Crippen molar-refractivity contribution in [3.63, 3.8) is 0 Å². The third-order valence-electron chi connectivity index (χ3n) is 11.4. The Morgan fingerprint density at radius 1 is 0.932 bits per heavy atom. The number of hydrogen-bond donors (Lipinski definition) is 4. The smallest absolute Gasteiger partial charge is 0.278 e. The zero-order valence-corrected chi connectivity index (χ0v) is 33.4. The molecule has 3 fully saturated rings. The highest BCUT2D eigenvalue weighted by Gasteiger charge is 2.28. The van der Waals surface area contributed by atoms with Crippen LogP contribution in [-0.4, -0.2) is 98.0 Å². The molecule has 16 heteroatoms. The maximum Gasteiger partial charge on any atom is 0.278 e. The summed E-state index contributed by atoms with van der Waals surface area (Å²) in [7, 11) is 0. The fourth-order valence-corrected chi connectivity index (χ4v) is 8.17. The number of benzene rings is 2. The summed E-state index contributed by atoms with van der Waals surface area (Å²) in [6, 6.07) is 17.9. The second kappa shape index (κ2) is 16.6. The van der Waals surface area contributed by atoms with Gasteiger partial charge in [-0.1, -0.05) is 12.1 Å². The van der Waals surface area contributed by atoms with Crippen LogP contribution in [0.5, 0.6) is 0 Å². The van der Waals surface area contributed by atoms with Crippen LogP contribution in [0.25, 0.3) is 16.9 Å². The molecule has 2 aromatic carbocycles. The molecule has 5 aromatic rings. The lowest BCUT2D eigenvalue weighted by molar-refractivity contribution is -0.133. The Morgan fingerprint density at radius 3 is 2.37 bits per heavy atom. The van der Waals surface area contributed by atoms with Gasteiger partial charge in [0.15, 0.2) is 11.5 Å². The lowest BCUT2D eigenvalue weighted by Crippen LogP contribution is -2.49. The van der Waals surface area contributed by atoms with E-state index in [-0.39, 0.29) is 36.2 Å². The van der Waals surface area contributed by atoms with E-state index in [1.54, 1.807) is 54.9 Å². The monoisotopic (exact) mass is 803 g/mol. The topological polar surface area (TPSA) is 166 Å². The van der Waals surface area contributed by atoms with Gasteiger partial charge < -0.3 is 25.5 Å². The molecule has 0 bridgehead atoms. The standard InChI is InChI=1S/C43H50FN11O4/c1-4-18-54-41(58)32-26-45-42(50-39(32)55(54)37-7-5-6-36(48-37)43(2,3)59)47-29-8-11-31(12-9-29)52-19-16-28(17-20-52)27-51-21-23-53(24-22-51)35-14-10-30(25-33(35)44)46-34-13-15-38(56)49-40(34)57/h4-12,14,25-26,28,34,46,59H,1,13,15-24,27H2,2-3H3,(H,45,47,50)(H,49,56,57)/t34-/m1/s1. The van der Waals surface area contributed by atoms with Crippen molar-refractivity contribution in [2.75, 3.05) is 66.2 Å². The predicted molar refractivity (Wildman–Crippen MR) is 226 cm³/mol. The van der Waals surface area contributed by atoms with Gasteiger partial charge >= 0.3 is 0 Å². The molecule has 3 aliphatic heterocycles. The predicted octanol–water partition coefficient (Wildman–Crippen LogP) is 4.53. The average Bonchev–Trinajstić information content (AvgIpc) is 3.49. The SMILES string of the molecule is C=CCn1c(=O)c2cnc(Nc3ccc(N4CCC(CN5CCN(c6ccc(N[C@@H]7CCC(=O)NC7=O)cc6F)CC5)CC4)cc3)nc2n1-c1cccc(C(C)(C)O)n1. The van der Waals surface area contributed by atoms with Gasteiger partial charge in [-0.15, -0.1) is 6.58 Å². The van der Waals surface area contributed by atoms with Gasteiger partial charge in [-0.3, -0.25) is 24.6 Å². The Labute approximate surface area is 341 Å². The summed E-state index contributed by atoms with van der Waals surface area (Å²) in [6.45, 7) is 13.5. The first kappa shape index (κ1) is 39.7. The molecule has 1 atom stereocenters. The van der Waals surface area contributed by atoms with Crippen LogP contribution in [0, 0.1) is 11.7 Å². The fourth-order valence-electron chi connectivity index (χ4n) is 8.17. The first-order chi connectivity index (χ1) is 28.4. The highest BCUT2D eigenvalue weighted by atomic mass is 19.1. The van der Waals surface area contributed by atoms with E-state index in [0.717, 1.165) is 70.0 Å². The van der Waals surface area contributed by atoms with Crippen LogP contribution in [0.1, 0.15) is 45.2 Å². The molecule has 3 aromatic heterocycles. The van der Waals surface area contributed by atoms with Crippen LogP contribution in [-0.2, 0) is 21.7 Å². The summed E-state index contributed by atoms with van der Waals surface area (Å²) < 4.78 is 18.4. The fraction of sp³-hybridized carbons (Fsp3) is 0.395. The molecule has 8 rings (SSSR count). The van der Waals surface area contributed by atoms with E-state index in [1.807, 2.05) is 12.1 Å². The molecule has 0 aliphatic carbocycles. The first-order valence-electron chi connectivity index (χ1n) is 20.2. The Morgan fingerprint density at radius 2 is 1.68 bits per heavy atom. The molecule has 15 nitrogen and oxygen atoms in total. The molecule has 3 aliphatic rings. The first-order valence-corrected chi connectivity index (χ1v) is 20.2. The van der Waals surface area contributed by atoms with Crippen LogP contribution in [0.4, 0.5) is 33.1 Å². The van der Waals surface area contributed by atoms with Crippen LogP contribution in [0.3, 0.4) is 0 Å². The van der Waals surface area contributed by atoms with Crippen molar-refractivity contribution in [3.05, 3.63) is 101 Å². The third-order valence-corrected chi connectivity index (χ3v) is 11.4. The number of carbonyl (C=O) groups is 2. The van der Waals surface area contributed by atoms with Crippen molar-refractivity contribution >= 4 is 51.5 Å². The van der Waals surface area contributed by atoms with Crippen molar-refractivity contribution in [3.8, 4) is 5.82 Å². The number of piperidine rings is 2. The molecule has 2 amide bonds. The molecule has 6 heterocycles. The zero-order chi connectivity index (χ0) is 41.3.